The lowest BCUT2D eigenvalue weighted by molar-refractivity contribution is -0.120. The number of aromatic nitrogens is 1. The van der Waals surface area contributed by atoms with Gasteiger partial charge in [-0.25, -0.2) is 17.8 Å². The summed E-state index contributed by atoms with van der Waals surface area (Å²) in [5.74, 6) is -0.867. The number of hydrogen-bond acceptors (Lipinski definition) is 6. The molecule has 1 aliphatic rings. The molecule has 0 unspecified atom stereocenters. The van der Waals surface area contributed by atoms with Crippen LogP contribution >= 0.6 is 23.1 Å². The number of carbonyl (C=O) groups excluding carboxylic acids is 1. The van der Waals surface area contributed by atoms with E-state index >= 15 is 0 Å². The number of amides is 1. The molecule has 1 fully saturated rings. The Balaban J connectivity index is 1.60. The molecular weight excluding hydrogens is 409 g/mol. The van der Waals surface area contributed by atoms with Gasteiger partial charge in [0, 0.05) is 19.0 Å². The summed E-state index contributed by atoms with van der Waals surface area (Å²) in [7, 11) is -3.67. The highest BCUT2D eigenvalue weighted by molar-refractivity contribution is 8.00. The summed E-state index contributed by atoms with van der Waals surface area (Å²) < 4.78 is 40.7. The first kappa shape index (κ1) is 20.2. The van der Waals surface area contributed by atoms with Gasteiger partial charge in [-0.15, -0.1) is 11.8 Å². The van der Waals surface area contributed by atoms with Crippen LogP contribution in [0.3, 0.4) is 0 Å². The molecule has 1 N–H and O–H groups in total. The second-order valence-corrected chi connectivity index (χ2v) is 10.2. The molecule has 27 heavy (non-hydrogen) atoms. The average molecular weight is 430 g/mol. The third-order valence-corrected chi connectivity index (χ3v) is 8.64. The third kappa shape index (κ3) is 4.50. The summed E-state index contributed by atoms with van der Waals surface area (Å²) in [5, 5.41) is 3.42. The van der Waals surface area contributed by atoms with E-state index in [0.29, 0.717) is 18.0 Å². The number of halogens is 1. The van der Waals surface area contributed by atoms with Crippen LogP contribution in [0, 0.1) is 18.7 Å². The topological polar surface area (TPSA) is 79.4 Å². The van der Waals surface area contributed by atoms with E-state index in [1.807, 2.05) is 13.2 Å². The second kappa shape index (κ2) is 8.26. The molecule has 1 aromatic heterocycles. The molecule has 1 aromatic carbocycles. The smallest absolute Gasteiger partial charge is 0.243 e. The Bertz CT molecular complexity index is 921. The van der Waals surface area contributed by atoms with Gasteiger partial charge in [-0.1, -0.05) is 11.3 Å². The molecule has 3 rings (SSSR count). The zero-order valence-electron chi connectivity index (χ0n) is 14.9. The van der Waals surface area contributed by atoms with Crippen LogP contribution in [-0.4, -0.2) is 43.0 Å². The zero-order valence-corrected chi connectivity index (χ0v) is 17.4. The van der Waals surface area contributed by atoms with Crippen LogP contribution in [0.25, 0.3) is 0 Å². The van der Waals surface area contributed by atoms with Crippen LogP contribution in [0.1, 0.15) is 18.5 Å². The summed E-state index contributed by atoms with van der Waals surface area (Å²) in [6.45, 7) is 2.41. The summed E-state index contributed by atoms with van der Waals surface area (Å²) in [6.07, 6.45) is 2.83. The number of sulfonamides is 1. The van der Waals surface area contributed by atoms with Gasteiger partial charge in [0.25, 0.3) is 0 Å². The Kier molecular flexibility index (Phi) is 6.19. The Morgan fingerprint density at radius 3 is 2.48 bits per heavy atom. The van der Waals surface area contributed by atoms with Crippen molar-refractivity contribution in [2.45, 2.75) is 28.9 Å². The number of thiazole rings is 1. The first-order valence-corrected chi connectivity index (χ1v) is 11.9. The number of nitrogens with one attached hydrogen (secondary N) is 1. The normalized spacial score (nSPS) is 16.4. The number of benzene rings is 1. The monoisotopic (exact) mass is 429 g/mol. The Morgan fingerprint density at radius 2 is 1.93 bits per heavy atom. The average Bonchev–Trinajstić information content (AvgIpc) is 3.01. The molecule has 2 heterocycles. The van der Waals surface area contributed by atoms with Gasteiger partial charge in [0.2, 0.25) is 15.9 Å². The quantitative estimate of drug-likeness (QED) is 0.738. The van der Waals surface area contributed by atoms with E-state index in [9.17, 15) is 17.6 Å². The van der Waals surface area contributed by atoms with Gasteiger partial charge in [-0.2, -0.15) is 4.31 Å². The van der Waals surface area contributed by atoms with E-state index in [2.05, 4.69) is 10.3 Å². The number of carbonyl (C=O) groups is 1. The number of anilines is 1. The van der Waals surface area contributed by atoms with Gasteiger partial charge in [-0.3, -0.25) is 4.79 Å². The first-order chi connectivity index (χ1) is 12.8. The maximum atomic E-state index is 13.0. The van der Waals surface area contributed by atoms with Gasteiger partial charge in [0.1, 0.15) is 5.82 Å². The van der Waals surface area contributed by atoms with Crippen LogP contribution in [0.2, 0.25) is 0 Å². The Morgan fingerprint density at radius 1 is 1.30 bits per heavy atom. The van der Waals surface area contributed by atoms with Crippen molar-refractivity contribution in [3.05, 3.63) is 35.8 Å². The lowest BCUT2D eigenvalue weighted by atomic mass is 9.97. The van der Waals surface area contributed by atoms with Crippen molar-refractivity contribution in [3.63, 3.8) is 0 Å². The fourth-order valence-corrected chi connectivity index (χ4v) is 6.03. The fraction of sp³-hybridized carbons (Fsp3) is 0.412. The van der Waals surface area contributed by atoms with Crippen LogP contribution in [0.15, 0.2) is 33.4 Å². The van der Waals surface area contributed by atoms with Gasteiger partial charge in [-0.05, 0) is 50.3 Å². The number of nitrogens with zero attached hydrogens (tertiary/aromatic N) is 2. The molecular formula is C17H20FN3O3S3. The van der Waals surface area contributed by atoms with Gasteiger partial charge < -0.3 is 5.32 Å². The fourth-order valence-electron chi connectivity index (χ4n) is 2.95. The summed E-state index contributed by atoms with van der Waals surface area (Å²) in [6, 6.07) is 4.78. The molecule has 1 amide bonds. The highest BCUT2D eigenvalue weighted by Gasteiger charge is 2.32. The van der Waals surface area contributed by atoms with Crippen LogP contribution < -0.4 is 5.32 Å². The Hall–Kier alpha value is -1.49. The van der Waals surface area contributed by atoms with Crippen molar-refractivity contribution >= 4 is 44.2 Å². The minimum atomic E-state index is -3.67. The van der Waals surface area contributed by atoms with Crippen LogP contribution in [0.4, 0.5) is 9.52 Å². The molecule has 0 atom stereocenters. The van der Waals surface area contributed by atoms with E-state index in [-0.39, 0.29) is 29.8 Å². The van der Waals surface area contributed by atoms with Crippen molar-refractivity contribution < 1.29 is 17.6 Å². The molecule has 0 radical (unpaired) electrons. The van der Waals surface area contributed by atoms with Crippen molar-refractivity contribution in [1.29, 1.82) is 0 Å². The molecule has 10 heteroatoms. The number of hydrogen-bond donors (Lipinski definition) is 1. The minimum absolute atomic E-state index is 0.0645. The number of rotatable bonds is 5. The molecule has 1 aliphatic heterocycles. The maximum Gasteiger partial charge on any atom is 0.243 e. The highest BCUT2D eigenvalue weighted by atomic mass is 32.2. The Labute approximate surface area is 166 Å². The summed E-state index contributed by atoms with van der Waals surface area (Å²) >= 11 is 3.03. The van der Waals surface area contributed by atoms with E-state index in [4.69, 9.17) is 0 Å². The number of thioether (sulfide) groups is 1. The van der Waals surface area contributed by atoms with Crippen LogP contribution in [0.5, 0.6) is 0 Å². The highest BCUT2D eigenvalue weighted by Crippen LogP contribution is 2.31. The minimum Gasteiger partial charge on any atom is -0.302 e. The molecule has 0 saturated carbocycles. The molecule has 2 aromatic rings. The summed E-state index contributed by atoms with van der Waals surface area (Å²) in [4.78, 5) is 16.9. The standard InChI is InChI=1S/C17H20FN3O3S3/c1-11-16(25-2)26-17(19-11)20-15(22)12-7-9-21(10-8-12)27(23,24)14-5-3-13(18)4-6-14/h3-6,12H,7-10H2,1-2H3,(H,19,20,22). The maximum absolute atomic E-state index is 13.0. The van der Waals surface area contributed by atoms with Crippen LogP contribution in [-0.2, 0) is 14.8 Å². The zero-order chi connectivity index (χ0) is 19.6. The molecule has 0 bridgehead atoms. The molecule has 0 aliphatic carbocycles. The molecule has 0 spiro atoms. The van der Waals surface area contributed by atoms with E-state index < -0.39 is 15.8 Å². The van der Waals surface area contributed by atoms with Crippen molar-refractivity contribution in [2.75, 3.05) is 24.7 Å². The van der Waals surface area contributed by atoms with Crippen molar-refractivity contribution in [1.82, 2.24) is 9.29 Å². The van der Waals surface area contributed by atoms with E-state index in [1.165, 1.54) is 27.8 Å². The predicted molar refractivity (Wildman–Crippen MR) is 105 cm³/mol. The van der Waals surface area contributed by atoms with Gasteiger partial charge >= 0.3 is 0 Å². The van der Waals surface area contributed by atoms with Crippen molar-refractivity contribution in [2.24, 2.45) is 5.92 Å². The van der Waals surface area contributed by atoms with Crippen molar-refractivity contribution in [3.8, 4) is 0 Å². The van der Waals surface area contributed by atoms with E-state index in [1.54, 1.807) is 11.8 Å². The lowest BCUT2D eigenvalue weighted by Crippen LogP contribution is -2.41. The lowest BCUT2D eigenvalue weighted by Gasteiger charge is -2.30. The first-order valence-electron chi connectivity index (χ1n) is 8.39. The predicted octanol–water partition coefficient (Wildman–Crippen LogP) is 3.35. The third-order valence-electron chi connectivity index (χ3n) is 4.45. The number of piperidine rings is 1. The number of aryl methyl sites for hydroxylation is 1. The van der Waals surface area contributed by atoms with Gasteiger partial charge in [0.15, 0.2) is 5.13 Å². The second-order valence-electron chi connectivity index (χ2n) is 6.22. The van der Waals surface area contributed by atoms with Gasteiger partial charge in [0.05, 0.1) is 14.8 Å². The summed E-state index contributed by atoms with van der Waals surface area (Å²) in [5.41, 5.74) is 0.892. The SMILES string of the molecule is CSc1sc(NC(=O)C2CCN(S(=O)(=O)c3ccc(F)cc3)CC2)nc1C. The molecule has 146 valence electrons. The largest absolute Gasteiger partial charge is 0.302 e. The molecule has 1 saturated heterocycles. The molecule has 6 nitrogen and oxygen atoms in total. The van der Waals surface area contributed by atoms with E-state index in [0.717, 1.165) is 22.0 Å².